The average Bonchev–Trinajstić information content (AvgIpc) is 2.16. The summed E-state index contributed by atoms with van der Waals surface area (Å²) in [5.74, 6) is -0.0423. The van der Waals surface area contributed by atoms with Gasteiger partial charge in [0, 0.05) is 32.1 Å². The Kier molecular flexibility index (Phi) is 3.69. The molecule has 0 radical (unpaired) electrons. The van der Waals surface area contributed by atoms with E-state index in [0.717, 1.165) is 12.8 Å². The molecule has 1 rings (SSSR count). The third-order valence-electron chi connectivity index (χ3n) is 2.60. The van der Waals surface area contributed by atoms with Crippen LogP contribution in [0.3, 0.4) is 0 Å². The molecule has 76 valence electrons. The standard InChI is InChI=1S/C9H17NO3/c1-8(12)10-6-9(7-11)2-4-13-5-3-9/h11H,2-7H2,1H3,(H,10,12). The van der Waals surface area contributed by atoms with Crippen molar-refractivity contribution in [3.63, 3.8) is 0 Å². The van der Waals surface area contributed by atoms with Gasteiger partial charge in [-0.15, -0.1) is 0 Å². The van der Waals surface area contributed by atoms with E-state index >= 15 is 0 Å². The number of nitrogens with one attached hydrogen (secondary N) is 1. The molecule has 0 bridgehead atoms. The molecular formula is C9H17NO3. The minimum absolute atomic E-state index is 0.0423. The summed E-state index contributed by atoms with van der Waals surface area (Å²) in [6.07, 6.45) is 1.65. The number of hydrogen-bond acceptors (Lipinski definition) is 3. The molecule has 0 unspecified atom stereocenters. The number of amides is 1. The number of hydrogen-bond donors (Lipinski definition) is 2. The zero-order valence-electron chi connectivity index (χ0n) is 8.01. The van der Waals surface area contributed by atoms with Gasteiger partial charge in [-0.1, -0.05) is 0 Å². The molecule has 13 heavy (non-hydrogen) atoms. The van der Waals surface area contributed by atoms with Crippen LogP contribution in [0.2, 0.25) is 0 Å². The topological polar surface area (TPSA) is 58.6 Å². The first-order chi connectivity index (χ1) is 6.18. The van der Waals surface area contributed by atoms with Crippen LogP contribution in [-0.4, -0.2) is 37.4 Å². The predicted octanol–water partition coefficient (Wildman–Crippen LogP) is -0.0884. The van der Waals surface area contributed by atoms with Crippen molar-refractivity contribution >= 4 is 5.91 Å². The first-order valence-electron chi connectivity index (χ1n) is 4.62. The second kappa shape index (κ2) is 4.58. The highest BCUT2D eigenvalue weighted by Gasteiger charge is 2.31. The van der Waals surface area contributed by atoms with Crippen molar-refractivity contribution in [2.45, 2.75) is 19.8 Å². The minimum Gasteiger partial charge on any atom is -0.396 e. The zero-order valence-corrected chi connectivity index (χ0v) is 8.01. The van der Waals surface area contributed by atoms with Gasteiger partial charge in [-0.05, 0) is 12.8 Å². The molecule has 0 spiro atoms. The van der Waals surface area contributed by atoms with Gasteiger partial charge in [-0.2, -0.15) is 0 Å². The Morgan fingerprint density at radius 1 is 1.54 bits per heavy atom. The van der Waals surface area contributed by atoms with Gasteiger partial charge < -0.3 is 15.2 Å². The van der Waals surface area contributed by atoms with Crippen molar-refractivity contribution in [1.82, 2.24) is 5.32 Å². The van der Waals surface area contributed by atoms with Gasteiger partial charge in [0.25, 0.3) is 0 Å². The quantitative estimate of drug-likeness (QED) is 0.649. The van der Waals surface area contributed by atoms with E-state index in [4.69, 9.17) is 4.74 Å². The van der Waals surface area contributed by atoms with Crippen LogP contribution in [0, 0.1) is 5.41 Å². The van der Waals surface area contributed by atoms with Crippen LogP contribution in [0.5, 0.6) is 0 Å². The molecule has 4 nitrogen and oxygen atoms in total. The maximum absolute atomic E-state index is 10.7. The molecule has 0 aromatic heterocycles. The molecule has 1 aliphatic rings. The lowest BCUT2D eigenvalue weighted by Crippen LogP contribution is -2.43. The van der Waals surface area contributed by atoms with Crippen molar-refractivity contribution in [3.05, 3.63) is 0 Å². The molecule has 0 saturated carbocycles. The Bertz CT molecular complexity index is 176. The first kappa shape index (κ1) is 10.5. The van der Waals surface area contributed by atoms with Crippen LogP contribution < -0.4 is 5.32 Å². The summed E-state index contributed by atoms with van der Waals surface area (Å²) >= 11 is 0. The van der Waals surface area contributed by atoms with Crippen molar-refractivity contribution in [2.24, 2.45) is 5.41 Å². The Balaban J connectivity index is 2.42. The van der Waals surface area contributed by atoms with Crippen LogP contribution in [-0.2, 0) is 9.53 Å². The van der Waals surface area contributed by atoms with Crippen LogP contribution in [0.4, 0.5) is 0 Å². The van der Waals surface area contributed by atoms with Crippen molar-refractivity contribution in [2.75, 3.05) is 26.4 Å². The van der Waals surface area contributed by atoms with Gasteiger partial charge in [0.15, 0.2) is 0 Å². The lowest BCUT2D eigenvalue weighted by Gasteiger charge is -2.35. The molecule has 0 atom stereocenters. The first-order valence-corrected chi connectivity index (χ1v) is 4.62. The highest BCUT2D eigenvalue weighted by molar-refractivity contribution is 5.72. The maximum atomic E-state index is 10.7. The van der Waals surface area contributed by atoms with Gasteiger partial charge in [0.05, 0.1) is 6.61 Å². The number of carbonyl (C=O) groups is 1. The summed E-state index contributed by atoms with van der Waals surface area (Å²) in [4.78, 5) is 10.7. The van der Waals surface area contributed by atoms with Gasteiger partial charge in [-0.3, -0.25) is 4.79 Å². The fourth-order valence-electron chi connectivity index (χ4n) is 1.51. The van der Waals surface area contributed by atoms with Crippen LogP contribution >= 0.6 is 0 Å². The molecule has 0 aliphatic carbocycles. The largest absolute Gasteiger partial charge is 0.396 e. The third kappa shape index (κ3) is 2.97. The summed E-state index contributed by atoms with van der Waals surface area (Å²) in [7, 11) is 0. The molecule has 1 fully saturated rings. The number of rotatable bonds is 3. The second-order valence-electron chi connectivity index (χ2n) is 3.68. The molecule has 4 heteroatoms. The molecule has 0 aromatic carbocycles. The molecular weight excluding hydrogens is 170 g/mol. The number of aliphatic hydroxyl groups is 1. The van der Waals surface area contributed by atoms with E-state index in [1.54, 1.807) is 0 Å². The summed E-state index contributed by atoms with van der Waals surface area (Å²) in [5, 5.41) is 12.0. The SMILES string of the molecule is CC(=O)NCC1(CO)CCOCC1. The minimum atomic E-state index is -0.149. The summed E-state index contributed by atoms with van der Waals surface area (Å²) < 4.78 is 5.21. The van der Waals surface area contributed by atoms with E-state index < -0.39 is 0 Å². The summed E-state index contributed by atoms with van der Waals surface area (Å²) in [6.45, 7) is 3.53. The molecule has 0 aromatic rings. The molecule has 1 aliphatic heterocycles. The smallest absolute Gasteiger partial charge is 0.216 e. The molecule has 1 heterocycles. The van der Waals surface area contributed by atoms with Crippen LogP contribution in [0.1, 0.15) is 19.8 Å². The van der Waals surface area contributed by atoms with E-state index in [2.05, 4.69) is 5.32 Å². The normalized spacial score (nSPS) is 21.1. The van der Waals surface area contributed by atoms with E-state index in [9.17, 15) is 9.90 Å². The third-order valence-corrected chi connectivity index (χ3v) is 2.60. The average molecular weight is 187 g/mol. The van der Waals surface area contributed by atoms with E-state index in [1.807, 2.05) is 0 Å². The van der Waals surface area contributed by atoms with Gasteiger partial charge in [0.2, 0.25) is 5.91 Å². The number of aliphatic hydroxyl groups excluding tert-OH is 1. The highest BCUT2D eigenvalue weighted by Crippen LogP contribution is 2.28. The van der Waals surface area contributed by atoms with Crippen molar-refractivity contribution < 1.29 is 14.6 Å². The monoisotopic (exact) mass is 187 g/mol. The number of carbonyl (C=O) groups excluding carboxylic acids is 1. The van der Waals surface area contributed by atoms with E-state index in [-0.39, 0.29) is 17.9 Å². The van der Waals surface area contributed by atoms with Gasteiger partial charge in [-0.25, -0.2) is 0 Å². The van der Waals surface area contributed by atoms with Crippen molar-refractivity contribution in [1.29, 1.82) is 0 Å². The Hall–Kier alpha value is -0.610. The predicted molar refractivity (Wildman–Crippen MR) is 48.3 cm³/mol. The fraction of sp³-hybridized carbons (Fsp3) is 0.889. The second-order valence-corrected chi connectivity index (χ2v) is 3.68. The maximum Gasteiger partial charge on any atom is 0.216 e. The molecule has 2 N–H and O–H groups in total. The van der Waals surface area contributed by atoms with Crippen LogP contribution in [0.25, 0.3) is 0 Å². The zero-order chi connectivity index (χ0) is 9.73. The van der Waals surface area contributed by atoms with Crippen LogP contribution in [0.15, 0.2) is 0 Å². The summed E-state index contributed by atoms with van der Waals surface area (Å²) in [5.41, 5.74) is -0.149. The fourth-order valence-corrected chi connectivity index (χ4v) is 1.51. The van der Waals surface area contributed by atoms with E-state index in [0.29, 0.717) is 19.8 Å². The number of ether oxygens (including phenoxy) is 1. The van der Waals surface area contributed by atoms with E-state index in [1.165, 1.54) is 6.92 Å². The Labute approximate surface area is 78.3 Å². The molecule has 1 saturated heterocycles. The van der Waals surface area contributed by atoms with Crippen molar-refractivity contribution in [3.8, 4) is 0 Å². The Morgan fingerprint density at radius 3 is 2.62 bits per heavy atom. The Morgan fingerprint density at radius 2 is 2.15 bits per heavy atom. The highest BCUT2D eigenvalue weighted by atomic mass is 16.5. The lowest BCUT2D eigenvalue weighted by atomic mass is 9.81. The summed E-state index contributed by atoms with van der Waals surface area (Å²) in [6, 6.07) is 0. The van der Waals surface area contributed by atoms with Gasteiger partial charge in [0.1, 0.15) is 0 Å². The lowest BCUT2D eigenvalue weighted by molar-refractivity contribution is -0.120. The molecule has 1 amide bonds. The van der Waals surface area contributed by atoms with Gasteiger partial charge >= 0.3 is 0 Å².